The number of benzene rings is 2. The van der Waals surface area contributed by atoms with Gasteiger partial charge in [0.1, 0.15) is 5.60 Å². The third-order valence-corrected chi connectivity index (χ3v) is 6.24. The van der Waals surface area contributed by atoms with Gasteiger partial charge in [0.05, 0.1) is 30.9 Å². The van der Waals surface area contributed by atoms with Gasteiger partial charge in [-0.1, -0.05) is 0 Å². The van der Waals surface area contributed by atoms with Crippen LogP contribution >= 0.6 is 0 Å². The van der Waals surface area contributed by atoms with E-state index in [9.17, 15) is 14.4 Å². The number of pyridine rings is 1. The lowest BCUT2D eigenvalue weighted by molar-refractivity contribution is 0.0526. The van der Waals surface area contributed by atoms with E-state index in [1.165, 1.54) is 14.2 Å². The molecule has 37 heavy (non-hydrogen) atoms. The van der Waals surface area contributed by atoms with Gasteiger partial charge in [0.25, 0.3) is 5.56 Å². The van der Waals surface area contributed by atoms with Gasteiger partial charge in [-0.15, -0.1) is 0 Å². The molecule has 2 aliphatic rings. The number of rotatable bonds is 6. The van der Waals surface area contributed by atoms with Crippen molar-refractivity contribution in [3.8, 4) is 34.3 Å². The molecule has 0 bridgehead atoms. The SMILES string of the molecule is COc1cc2c3c(n(CCCNC(=O)OC(C)(C)C)c(=O)c2cc1OC)-c1cc2c(cc1C3=O)OCO2. The second-order valence-electron chi connectivity index (χ2n) is 9.80. The first-order valence-electron chi connectivity index (χ1n) is 11.9. The Bertz CT molecular complexity index is 1500. The van der Waals surface area contributed by atoms with E-state index in [-0.39, 0.29) is 31.2 Å². The highest BCUT2D eigenvalue weighted by atomic mass is 16.7. The average molecular weight is 509 g/mol. The fourth-order valence-corrected chi connectivity index (χ4v) is 4.70. The minimum Gasteiger partial charge on any atom is -0.493 e. The van der Waals surface area contributed by atoms with Gasteiger partial charge in [-0.3, -0.25) is 9.59 Å². The van der Waals surface area contributed by atoms with Gasteiger partial charge >= 0.3 is 6.09 Å². The van der Waals surface area contributed by atoms with Crippen LogP contribution in [0.1, 0.15) is 43.1 Å². The predicted molar refractivity (Wildman–Crippen MR) is 135 cm³/mol. The van der Waals surface area contributed by atoms with Crippen LogP contribution in [0.2, 0.25) is 0 Å². The zero-order valence-electron chi connectivity index (χ0n) is 21.4. The van der Waals surface area contributed by atoms with Crippen LogP contribution in [-0.4, -0.2) is 49.6 Å². The number of ketones is 1. The number of aromatic nitrogens is 1. The Balaban J connectivity index is 1.61. The number of carbonyl (C=O) groups excluding carboxylic acids is 2. The summed E-state index contributed by atoms with van der Waals surface area (Å²) in [7, 11) is 2.99. The monoisotopic (exact) mass is 508 g/mol. The van der Waals surface area contributed by atoms with Gasteiger partial charge in [-0.25, -0.2) is 4.79 Å². The number of alkyl carbamates (subject to hydrolysis) is 1. The smallest absolute Gasteiger partial charge is 0.407 e. The van der Waals surface area contributed by atoms with E-state index < -0.39 is 11.7 Å². The molecule has 10 nitrogen and oxygen atoms in total. The summed E-state index contributed by atoms with van der Waals surface area (Å²) in [6.07, 6.45) is -0.105. The van der Waals surface area contributed by atoms with E-state index in [0.717, 1.165) is 0 Å². The van der Waals surface area contributed by atoms with Gasteiger partial charge in [-0.05, 0) is 51.5 Å². The molecule has 1 N–H and O–H groups in total. The number of hydrogen-bond acceptors (Lipinski definition) is 8. The molecule has 194 valence electrons. The van der Waals surface area contributed by atoms with Crippen LogP contribution < -0.4 is 29.8 Å². The van der Waals surface area contributed by atoms with E-state index >= 15 is 0 Å². The van der Waals surface area contributed by atoms with E-state index in [1.54, 1.807) is 49.6 Å². The molecule has 0 saturated carbocycles. The number of nitrogens with one attached hydrogen (secondary N) is 1. The molecule has 2 heterocycles. The van der Waals surface area contributed by atoms with Crippen molar-refractivity contribution in [2.45, 2.75) is 39.3 Å². The lowest BCUT2D eigenvalue weighted by Gasteiger charge is -2.20. The van der Waals surface area contributed by atoms with Crippen LogP contribution in [0.3, 0.4) is 0 Å². The largest absolute Gasteiger partial charge is 0.493 e. The molecular formula is C27H28N2O8. The Hall–Kier alpha value is -4.21. The molecule has 10 heteroatoms. The van der Waals surface area contributed by atoms with Crippen LogP contribution in [0.25, 0.3) is 22.0 Å². The van der Waals surface area contributed by atoms with Gasteiger partial charge in [-0.2, -0.15) is 0 Å². The van der Waals surface area contributed by atoms with Crippen molar-refractivity contribution >= 4 is 22.6 Å². The van der Waals surface area contributed by atoms with Crippen LogP contribution in [-0.2, 0) is 11.3 Å². The minimum atomic E-state index is -0.615. The highest BCUT2D eigenvalue weighted by molar-refractivity contribution is 6.27. The Morgan fingerprint density at radius 2 is 1.59 bits per heavy atom. The van der Waals surface area contributed by atoms with E-state index in [1.807, 2.05) is 0 Å². The molecule has 0 saturated heterocycles. The number of nitrogens with zero attached hydrogens (tertiary/aromatic N) is 1. The number of hydrogen-bond donors (Lipinski definition) is 1. The summed E-state index contributed by atoms with van der Waals surface area (Å²) in [5.74, 6) is 1.57. The summed E-state index contributed by atoms with van der Waals surface area (Å²) in [4.78, 5) is 39.6. The zero-order chi connectivity index (χ0) is 26.5. The molecule has 0 radical (unpaired) electrons. The molecule has 2 aromatic carbocycles. The van der Waals surface area contributed by atoms with E-state index in [4.69, 9.17) is 23.7 Å². The van der Waals surface area contributed by atoms with Crippen LogP contribution in [0.5, 0.6) is 23.0 Å². The van der Waals surface area contributed by atoms with Crippen molar-refractivity contribution in [1.29, 1.82) is 0 Å². The maximum absolute atomic E-state index is 13.8. The fraction of sp³-hybridized carbons (Fsp3) is 0.370. The number of carbonyl (C=O) groups is 2. The van der Waals surface area contributed by atoms with Crippen molar-refractivity contribution in [3.05, 3.63) is 45.7 Å². The van der Waals surface area contributed by atoms with Crippen LogP contribution in [0.15, 0.2) is 29.1 Å². The van der Waals surface area contributed by atoms with Crippen molar-refractivity contribution in [1.82, 2.24) is 9.88 Å². The molecule has 1 aliphatic carbocycles. The minimum absolute atomic E-state index is 0.0666. The highest BCUT2D eigenvalue weighted by Crippen LogP contribution is 2.46. The Morgan fingerprint density at radius 1 is 0.973 bits per heavy atom. The maximum atomic E-state index is 13.8. The third kappa shape index (κ3) is 4.22. The molecule has 5 rings (SSSR count). The molecule has 0 atom stereocenters. The van der Waals surface area contributed by atoms with E-state index in [2.05, 4.69) is 5.32 Å². The summed E-state index contributed by atoms with van der Waals surface area (Å²) >= 11 is 0. The lowest BCUT2D eigenvalue weighted by atomic mass is 10.0. The number of methoxy groups -OCH3 is 2. The van der Waals surface area contributed by atoms with Gasteiger partial charge in [0.15, 0.2) is 28.8 Å². The lowest BCUT2D eigenvalue weighted by Crippen LogP contribution is -2.33. The van der Waals surface area contributed by atoms with E-state index in [0.29, 0.717) is 62.6 Å². The standard InChI is InChI=1S/C27H28N2O8/c1-27(2,3)37-26(32)28-7-6-8-29-23-15-10-20-21(36-13-35-20)11-16(15)24(30)22(23)14-9-18(33-4)19(34-5)12-17(14)25(29)31/h9-12H,6-8,13H2,1-5H3,(H,28,32). The fourth-order valence-electron chi connectivity index (χ4n) is 4.70. The average Bonchev–Trinajstić information content (AvgIpc) is 3.42. The van der Waals surface area contributed by atoms with Crippen molar-refractivity contribution in [2.24, 2.45) is 0 Å². The van der Waals surface area contributed by atoms with Gasteiger partial charge in [0, 0.05) is 29.6 Å². The second-order valence-corrected chi connectivity index (χ2v) is 9.80. The molecule has 0 fully saturated rings. The number of amides is 1. The first kappa shape index (κ1) is 24.5. The highest BCUT2D eigenvalue weighted by Gasteiger charge is 2.35. The second kappa shape index (κ2) is 9.02. The molecule has 1 amide bonds. The molecule has 1 aromatic heterocycles. The molecule has 0 unspecified atom stereocenters. The number of ether oxygens (including phenoxy) is 5. The Labute approximate surface area is 213 Å². The first-order valence-corrected chi connectivity index (χ1v) is 11.9. The molecule has 1 aliphatic heterocycles. The molecule has 0 spiro atoms. The molecule has 3 aromatic rings. The van der Waals surface area contributed by atoms with Crippen LogP contribution in [0, 0.1) is 0 Å². The first-order chi connectivity index (χ1) is 17.6. The number of fused-ring (bicyclic) bond motifs is 6. The normalized spacial score (nSPS) is 13.4. The summed E-state index contributed by atoms with van der Waals surface area (Å²) in [6, 6.07) is 6.65. The van der Waals surface area contributed by atoms with Crippen LogP contribution in [0.4, 0.5) is 4.79 Å². The maximum Gasteiger partial charge on any atom is 0.407 e. The Morgan fingerprint density at radius 3 is 2.22 bits per heavy atom. The summed E-state index contributed by atoms with van der Waals surface area (Å²) in [5.41, 5.74) is 1.02. The topological polar surface area (TPSA) is 114 Å². The summed E-state index contributed by atoms with van der Waals surface area (Å²) < 4.78 is 28.7. The quantitative estimate of drug-likeness (QED) is 0.391. The summed E-state index contributed by atoms with van der Waals surface area (Å²) in [6.45, 7) is 5.96. The predicted octanol–water partition coefficient (Wildman–Crippen LogP) is 3.87. The summed E-state index contributed by atoms with van der Waals surface area (Å²) in [5, 5.41) is 3.52. The van der Waals surface area contributed by atoms with Crippen molar-refractivity contribution in [2.75, 3.05) is 27.6 Å². The zero-order valence-corrected chi connectivity index (χ0v) is 21.4. The third-order valence-electron chi connectivity index (χ3n) is 6.24. The van der Waals surface area contributed by atoms with Gasteiger partial charge < -0.3 is 33.6 Å². The van der Waals surface area contributed by atoms with Crippen molar-refractivity contribution < 1.29 is 33.3 Å². The van der Waals surface area contributed by atoms with Crippen molar-refractivity contribution in [3.63, 3.8) is 0 Å². The molecular weight excluding hydrogens is 480 g/mol. The Kier molecular flexibility index (Phi) is 5.97. The van der Waals surface area contributed by atoms with Gasteiger partial charge in [0.2, 0.25) is 6.79 Å².